The molecular weight excluding hydrogens is 286 g/mol. The van der Waals surface area contributed by atoms with Crippen LogP contribution in [0.4, 0.5) is 0 Å². The summed E-state index contributed by atoms with van der Waals surface area (Å²) in [4.78, 5) is 19.1. The van der Waals surface area contributed by atoms with Gasteiger partial charge < -0.3 is 9.47 Å². The highest BCUT2D eigenvalue weighted by Crippen LogP contribution is 2.28. The number of aryl methyl sites for hydroxylation is 1. The summed E-state index contributed by atoms with van der Waals surface area (Å²) >= 11 is 0. The standard InChI is InChI=1S/C19H23N3O/c1-12(2)22(13(3)4)19(23)16-10-18-15(11-20-16)14-8-6-7-9-17(14)21(18)5/h6-13H,1-5H3/i10D. The number of benzene rings is 1. The molecule has 0 saturated carbocycles. The smallest absolute Gasteiger partial charge is 0.272 e. The van der Waals surface area contributed by atoms with Gasteiger partial charge in [-0.25, -0.2) is 0 Å². The number of pyridine rings is 1. The molecule has 0 fully saturated rings. The highest BCUT2D eigenvalue weighted by molar-refractivity contribution is 6.09. The molecule has 1 aromatic carbocycles. The molecule has 3 rings (SSSR count). The lowest BCUT2D eigenvalue weighted by molar-refractivity contribution is 0.0638. The lowest BCUT2D eigenvalue weighted by Gasteiger charge is -2.30. The van der Waals surface area contributed by atoms with Gasteiger partial charge in [0.05, 0.1) is 6.89 Å². The van der Waals surface area contributed by atoms with Gasteiger partial charge in [0.2, 0.25) is 0 Å². The lowest BCUT2D eigenvalue weighted by atomic mass is 10.1. The molecule has 0 N–H and O–H groups in total. The predicted octanol–water partition coefficient (Wildman–Crippen LogP) is 3.99. The van der Waals surface area contributed by atoms with E-state index in [1.165, 1.54) is 0 Å². The monoisotopic (exact) mass is 310 g/mol. The van der Waals surface area contributed by atoms with Crippen LogP contribution in [0.25, 0.3) is 21.8 Å². The van der Waals surface area contributed by atoms with Crippen molar-refractivity contribution in [2.45, 2.75) is 39.8 Å². The molecular formula is C19H23N3O. The molecule has 3 aromatic rings. The van der Waals surface area contributed by atoms with E-state index in [0.717, 1.165) is 21.8 Å². The normalized spacial score (nSPS) is 12.4. The SMILES string of the molecule is [2H]c1c(C(=O)N(C(C)C)C(C)C)ncc2c3ccccc3n(C)c12. The zero-order valence-electron chi connectivity index (χ0n) is 15.3. The molecule has 23 heavy (non-hydrogen) atoms. The van der Waals surface area contributed by atoms with Crippen molar-refractivity contribution in [2.24, 2.45) is 7.05 Å². The number of nitrogens with zero attached hydrogens (tertiary/aromatic N) is 3. The first-order valence-electron chi connectivity index (χ1n) is 8.50. The fraction of sp³-hybridized carbons (Fsp3) is 0.368. The third-order valence-electron chi connectivity index (χ3n) is 4.26. The Morgan fingerprint density at radius 3 is 2.43 bits per heavy atom. The van der Waals surface area contributed by atoms with Gasteiger partial charge in [-0.3, -0.25) is 9.78 Å². The van der Waals surface area contributed by atoms with E-state index in [4.69, 9.17) is 1.37 Å². The topological polar surface area (TPSA) is 38.1 Å². The van der Waals surface area contributed by atoms with Gasteiger partial charge in [-0.15, -0.1) is 0 Å². The Kier molecular flexibility index (Phi) is 3.52. The summed E-state index contributed by atoms with van der Waals surface area (Å²) in [5, 5.41) is 1.97. The van der Waals surface area contributed by atoms with E-state index in [1.807, 2.05) is 63.6 Å². The predicted molar refractivity (Wildman–Crippen MR) is 94.7 cm³/mol. The molecule has 0 radical (unpaired) electrons. The highest BCUT2D eigenvalue weighted by Gasteiger charge is 2.23. The van der Waals surface area contributed by atoms with Crippen LogP contribution in [0.3, 0.4) is 0 Å². The van der Waals surface area contributed by atoms with Crippen molar-refractivity contribution in [1.82, 2.24) is 14.5 Å². The number of hydrogen-bond acceptors (Lipinski definition) is 2. The zero-order chi connectivity index (χ0) is 17.6. The Bertz CT molecular complexity index is 919. The molecule has 2 heterocycles. The molecule has 0 aliphatic rings. The van der Waals surface area contributed by atoms with Crippen molar-refractivity contribution >= 4 is 27.7 Å². The van der Waals surface area contributed by atoms with Crippen molar-refractivity contribution in [3.8, 4) is 0 Å². The van der Waals surface area contributed by atoms with Crippen molar-refractivity contribution < 1.29 is 6.17 Å². The number of carbonyl (C=O) groups excluding carboxylic acids is 1. The van der Waals surface area contributed by atoms with Gasteiger partial charge in [0.1, 0.15) is 5.69 Å². The van der Waals surface area contributed by atoms with Gasteiger partial charge in [-0.2, -0.15) is 0 Å². The van der Waals surface area contributed by atoms with Crippen LogP contribution in [0.15, 0.2) is 36.5 Å². The number of fused-ring (bicyclic) bond motifs is 3. The van der Waals surface area contributed by atoms with E-state index in [-0.39, 0.29) is 29.7 Å². The van der Waals surface area contributed by atoms with Gasteiger partial charge in [-0.05, 0) is 39.8 Å². The minimum absolute atomic E-state index is 0.0573. The molecule has 0 spiro atoms. The van der Waals surface area contributed by atoms with E-state index >= 15 is 0 Å². The first-order chi connectivity index (χ1) is 11.3. The van der Waals surface area contributed by atoms with Crippen LogP contribution in [0.1, 0.15) is 39.6 Å². The fourth-order valence-corrected chi connectivity index (χ4v) is 3.27. The van der Waals surface area contributed by atoms with Crippen LogP contribution in [-0.2, 0) is 7.05 Å². The van der Waals surface area contributed by atoms with Gasteiger partial charge in [0.25, 0.3) is 5.91 Å². The molecule has 0 bridgehead atoms. The fourth-order valence-electron chi connectivity index (χ4n) is 3.27. The third-order valence-corrected chi connectivity index (χ3v) is 4.26. The Labute approximate surface area is 138 Å². The Hall–Kier alpha value is -2.36. The van der Waals surface area contributed by atoms with Gasteiger partial charge in [0, 0.05) is 41.6 Å². The average molecular weight is 310 g/mol. The number of hydrogen-bond donors (Lipinski definition) is 0. The molecule has 4 nitrogen and oxygen atoms in total. The summed E-state index contributed by atoms with van der Waals surface area (Å²) in [5.41, 5.74) is 2.01. The van der Waals surface area contributed by atoms with Crippen LogP contribution in [0, 0.1) is 0 Å². The van der Waals surface area contributed by atoms with E-state index in [2.05, 4.69) is 4.98 Å². The van der Waals surface area contributed by atoms with Crippen LogP contribution in [0.5, 0.6) is 0 Å². The third kappa shape index (κ3) is 2.48. The number of aromatic nitrogens is 2. The minimum Gasteiger partial charge on any atom is -0.343 e. The van der Waals surface area contributed by atoms with E-state index in [0.29, 0.717) is 0 Å². The molecule has 0 atom stereocenters. The second-order valence-electron chi connectivity index (χ2n) is 6.47. The molecule has 1 amide bonds. The molecule has 0 aliphatic carbocycles. The van der Waals surface area contributed by atoms with Gasteiger partial charge in [0.15, 0.2) is 0 Å². The highest BCUT2D eigenvalue weighted by atomic mass is 16.2. The molecule has 0 saturated heterocycles. The number of para-hydroxylation sites is 1. The molecule has 120 valence electrons. The summed E-state index contributed by atoms with van der Waals surface area (Å²) < 4.78 is 10.6. The number of amides is 1. The number of rotatable bonds is 3. The van der Waals surface area contributed by atoms with E-state index in [9.17, 15) is 4.79 Å². The van der Waals surface area contributed by atoms with Crippen LogP contribution < -0.4 is 0 Å². The quantitative estimate of drug-likeness (QED) is 0.734. The first kappa shape index (κ1) is 14.2. The summed E-state index contributed by atoms with van der Waals surface area (Å²) in [6.07, 6.45) is 1.72. The van der Waals surface area contributed by atoms with E-state index < -0.39 is 0 Å². The van der Waals surface area contributed by atoms with Crippen LogP contribution in [-0.4, -0.2) is 32.4 Å². The summed E-state index contributed by atoms with van der Waals surface area (Å²) in [5.74, 6) is -0.183. The molecule has 4 heteroatoms. The van der Waals surface area contributed by atoms with Crippen molar-refractivity contribution in [1.29, 1.82) is 0 Å². The van der Waals surface area contributed by atoms with Gasteiger partial charge >= 0.3 is 0 Å². The van der Waals surface area contributed by atoms with E-state index in [1.54, 1.807) is 11.1 Å². The maximum Gasteiger partial charge on any atom is 0.272 e. The first-order valence-corrected chi connectivity index (χ1v) is 8.00. The molecule has 0 aliphatic heterocycles. The Balaban J connectivity index is 2.24. The average Bonchev–Trinajstić information content (AvgIpc) is 2.81. The summed E-state index contributed by atoms with van der Waals surface area (Å²) in [6.45, 7) is 7.93. The zero-order valence-corrected chi connectivity index (χ0v) is 14.3. The lowest BCUT2D eigenvalue weighted by Crippen LogP contribution is -2.42. The maximum atomic E-state index is 13.0. The maximum absolute atomic E-state index is 13.0. The Morgan fingerprint density at radius 2 is 1.78 bits per heavy atom. The minimum atomic E-state index is -0.183. The Morgan fingerprint density at radius 1 is 1.13 bits per heavy atom. The summed E-state index contributed by atoms with van der Waals surface area (Å²) in [6, 6.07) is 8.30. The van der Waals surface area contributed by atoms with Crippen LogP contribution in [0.2, 0.25) is 0 Å². The molecule has 2 aromatic heterocycles. The second kappa shape index (κ2) is 5.69. The van der Waals surface area contributed by atoms with Crippen molar-refractivity contribution in [3.63, 3.8) is 0 Å². The summed E-state index contributed by atoms with van der Waals surface area (Å²) in [7, 11) is 1.93. The largest absolute Gasteiger partial charge is 0.343 e. The van der Waals surface area contributed by atoms with Crippen molar-refractivity contribution in [2.75, 3.05) is 0 Å². The van der Waals surface area contributed by atoms with Crippen molar-refractivity contribution in [3.05, 3.63) is 42.2 Å². The van der Waals surface area contributed by atoms with Crippen LogP contribution >= 0.6 is 0 Å². The number of carbonyl (C=O) groups is 1. The second-order valence-corrected chi connectivity index (χ2v) is 6.47. The van der Waals surface area contributed by atoms with Gasteiger partial charge in [-0.1, -0.05) is 18.2 Å². The molecule has 0 unspecified atom stereocenters.